The van der Waals surface area contributed by atoms with Gasteiger partial charge in [-0.25, -0.2) is 0 Å². The summed E-state index contributed by atoms with van der Waals surface area (Å²) >= 11 is 0. The van der Waals surface area contributed by atoms with Crippen LogP contribution in [0.25, 0.3) is 0 Å². The van der Waals surface area contributed by atoms with Gasteiger partial charge in [-0.05, 0) is 116 Å². The van der Waals surface area contributed by atoms with E-state index in [9.17, 15) is 4.79 Å². The average molecular weight is 589 g/mol. The Morgan fingerprint density at radius 2 is 1.32 bits per heavy atom. The van der Waals surface area contributed by atoms with E-state index in [4.69, 9.17) is 0 Å². The minimum absolute atomic E-state index is 0.153. The highest BCUT2D eigenvalue weighted by Gasteiger charge is 2.60. The first-order valence-corrected chi connectivity index (χ1v) is 17.5. The number of nitrogens with one attached hydrogen (secondary N) is 1. The molecule has 2 unspecified atom stereocenters. The van der Waals surface area contributed by atoms with Crippen LogP contribution in [0.15, 0.2) is 91.0 Å². The normalized spacial score (nSPS) is 33.6. The van der Waals surface area contributed by atoms with Gasteiger partial charge in [-0.1, -0.05) is 105 Å². The summed E-state index contributed by atoms with van der Waals surface area (Å²) in [7, 11) is 2.38. The van der Waals surface area contributed by atoms with Gasteiger partial charge < -0.3 is 10.2 Å². The molecule has 232 valence electrons. The molecular formula is C41H52N2O. The molecule has 3 nitrogen and oxygen atoms in total. The second-order valence-corrected chi connectivity index (χ2v) is 15.4. The molecule has 1 aliphatic heterocycles. The Kier molecular flexibility index (Phi) is 7.98. The maximum absolute atomic E-state index is 14.1. The Morgan fingerprint density at radius 1 is 0.750 bits per heavy atom. The molecule has 1 heterocycles. The molecule has 3 aliphatic carbocycles. The number of carbonyl (C=O) groups excluding carboxylic acids is 1. The maximum Gasteiger partial charge on any atom is 0.221 e. The van der Waals surface area contributed by atoms with Crippen molar-refractivity contribution in [2.45, 2.75) is 83.1 Å². The van der Waals surface area contributed by atoms with Gasteiger partial charge in [0.05, 0.1) is 5.41 Å². The largest absolute Gasteiger partial charge is 0.356 e. The molecule has 0 spiro atoms. The second-order valence-electron chi connectivity index (χ2n) is 15.4. The lowest BCUT2D eigenvalue weighted by molar-refractivity contribution is -0.125. The van der Waals surface area contributed by atoms with Gasteiger partial charge in [0.2, 0.25) is 5.91 Å². The van der Waals surface area contributed by atoms with Crippen LogP contribution in [0.3, 0.4) is 0 Å². The molecule has 4 fully saturated rings. The van der Waals surface area contributed by atoms with Gasteiger partial charge in [0, 0.05) is 19.0 Å². The first kappa shape index (κ1) is 29.8. The molecule has 3 saturated carbocycles. The van der Waals surface area contributed by atoms with Crippen molar-refractivity contribution in [2.24, 2.45) is 34.5 Å². The summed E-state index contributed by atoms with van der Waals surface area (Å²) in [5.41, 5.74) is 3.77. The fraction of sp³-hybridized carbons (Fsp3) is 0.537. The van der Waals surface area contributed by atoms with E-state index < -0.39 is 5.41 Å². The van der Waals surface area contributed by atoms with Crippen LogP contribution >= 0.6 is 0 Å². The van der Waals surface area contributed by atoms with E-state index in [1.807, 2.05) is 0 Å². The molecule has 44 heavy (non-hydrogen) atoms. The van der Waals surface area contributed by atoms with E-state index in [1.165, 1.54) is 57.9 Å². The van der Waals surface area contributed by atoms with E-state index in [2.05, 4.69) is 122 Å². The third kappa shape index (κ3) is 4.85. The van der Waals surface area contributed by atoms with Gasteiger partial charge in [-0.2, -0.15) is 0 Å². The highest BCUT2D eigenvalue weighted by molar-refractivity contribution is 5.80. The number of carbonyl (C=O) groups is 1. The van der Waals surface area contributed by atoms with Crippen molar-refractivity contribution in [3.05, 3.63) is 108 Å². The predicted octanol–water partition coefficient (Wildman–Crippen LogP) is 8.48. The van der Waals surface area contributed by atoms with Crippen molar-refractivity contribution in [2.75, 3.05) is 20.1 Å². The lowest BCUT2D eigenvalue weighted by Gasteiger charge is -2.62. The molecule has 0 radical (unpaired) electrons. The highest BCUT2D eigenvalue weighted by Crippen LogP contribution is 2.66. The molecule has 4 aliphatic rings. The summed E-state index contributed by atoms with van der Waals surface area (Å²) in [5.74, 6) is 3.27. The Labute approximate surface area is 265 Å². The Bertz CT molecular complexity index is 1330. The quantitative estimate of drug-likeness (QED) is 0.281. The third-order valence-electron chi connectivity index (χ3n) is 13.5. The van der Waals surface area contributed by atoms with Crippen LogP contribution in [0.2, 0.25) is 0 Å². The van der Waals surface area contributed by atoms with Gasteiger partial charge >= 0.3 is 0 Å². The van der Waals surface area contributed by atoms with Crippen molar-refractivity contribution >= 4 is 5.91 Å². The van der Waals surface area contributed by atoms with Crippen molar-refractivity contribution in [1.82, 2.24) is 10.2 Å². The van der Waals surface area contributed by atoms with Crippen molar-refractivity contribution < 1.29 is 4.79 Å². The molecule has 1 amide bonds. The van der Waals surface area contributed by atoms with Gasteiger partial charge in [0.15, 0.2) is 0 Å². The van der Waals surface area contributed by atoms with Crippen LogP contribution in [-0.2, 0) is 10.2 Å². The smallest absolute Gasteiger partial charge is 0.221 e. The fourth-order valence-electron chi connectivity index (χ4n) is 11.3. The fourth-order valence-corrected chi connectivity index (χ4v) is 11.3. The second kappa shape index (κ2) is 11.8. The lowest BCUT2D eigenvalue weighted by Crippen LogP contribution is -2.60. The summed E-state index contributed by atoms with van der Waals surface area (Å²) in [4.78, 5) is 16.8. The molecule has 7 atom stereocenters. The minimum atomic E-state index is -0.546. The molecule has 0 bridgehead atoms. The number of nitrogens with zero attached hydrogens (tertiary/aromatic N) is 1. The van der Waals surface area contributed by atoms with E-state index in [0.717, 1.165) is 47.0 Å². The molecule has 3 heteroatoms. The van der Waals surface area contributed by atoms with Crippen LogP contribution < -0.4 is 5.32 Å². The molecular weight excluding hydrogens is 536 g/mol. The summed E-state index contributed by atoms with van der Waals surface area (Å²) in [5, 5.41) is 3.53. The molecule has 3 aromatic carbocycles. The first-order chi connectivity index (χ1) is 21.4. The molecule has 1 N–H and O–H groups in total. The first-order valence-electron chi connectivity index (χ1n) is 17.5. The maximum atomic E-state index is 14.1. The zero-order valence-corrected chi connectivity index (χ0v) is 27.2. The number of hydrogen-bond donors (Lipinski definition) is 1. The number of benzene rings is 3. The molecule has 7 rings (SSSR count). The van der Waals surface area contributed by atoms with Gasteiger partial charge in [0.1, 0.15) is 0 Å². The third-order valence-corrected chi connectivity index (χ3v) is 13.5. The summed E-state index contributed by atoms with van der Waals surface area (Å²) in [6.45, 7) is 7.33. The summed E-state index contributed by atoms with van der Waals surface area (Å²) < 4.78 is 0. The minimum Gasteiger partial charge on any atom is -0.356 e. The van der Waals surface area contributed by atoms with Crippen LogP contribution in [0.1, 0.15) is 88.3 Å². The van der Waals surface area contributed by atoms with E-state index in [0.29, 0.717) is 23.2 Å². The van der Waals surface area contributed by atoms with Crippen molar-refractivity contribution in [1.29, 1.82) is 0 Å². The molecule has 0 aromatic heterocycles. The van der Waals surface area contributed by atoms with Crippen molar-refractivity contribution in [3.8, 4) is 0 Å². The topological polar surface area (TPSA) is 32.3 Å². The Hall–Kier alpha value is -2.91. The Balaban J connectivity index is 1.11. The number of rotatable bonds is 7. The lowest BCUT2D eigenvalue weighted by atomic mass is 9.47. The Morgan fingerprint density at radius 3 is 1.91 bits per heavy atom. The van der Waals surface area contributed by atoms with Gasteiger partial charge in [0.25, 0.3) is 0 Å². The number of likely N-dealkylation sites (tertiary alicyclic amines) is 1. The zero-order chi connectivity index (χ0) is 30.4. The number of fused-ring (bicyclic) bond motifs is 5. The van der Waals surface area contributed by atoms with Crippen LogP contribution in [0, 0.1) is 34.5 Å². The van der Waals surface area contributed by atoms with Crippen molar-refractivity contribution in [3.63, 3.8) is 0 Å². The average Bonchev–Trinajstić information content (AvgIpc) is 3.40. The van der Waals surface area contributed by atoms with Gasteiger partial charge in [-0.3, -0.25) is 4.79 Å². The highest BCUT2D eigenvalue weighted by atomic mass is 16.1. The molecule has 1 saturated heterocycles. The van der Waals surface area contributed by atoms with Gasteiger partial charge in [-0.15, -0.1) is 0 Å². The number of hydrogen-bond acceptors (Lipinski definition) is 2. The summed E-state index contributed by atoms with van der Waals surface area (Å²) in [6.07, 6.45) is 11.3. The predicted molar refractivity (Wildman–Crippen MR) is 180 cm³/mol. The van der Waals surface area contributed by atoms with Crippen LogP contribution in [0.4, 0.5) is 0 Å². The SMILES string of the molecule is CN1CCC[C@@]2(C)C1CC[C@@H]1[C@H]2CC[C@]2(C)C(CNC(=O)CC(c3ccccc3)(c3ccccc3)c3ccccc3)CC[C@@H]12. The molecule has 3 aromatic rings. The number of amides is 1. The summed E-state index contributed by atoms with van der Waals surface area (Å²) in [6, 6.07) is 32.7. The number of piperidine rings is 1. The van der Waals surface area contributed by atoms with Crippen LogP contribution in [-0.4, -0.2) is 37.0 Å². The standard InChI is InChI=1S/C41H52N2O/c1-39-26-24-36-34(21-23-37-40(36,2)25-13-27-43(37)3)35(39)22-20-33(39)29-42-38(44)28-41(30-14-7-4-8-15-30,31-16-9-5-10-17-31)32-18-11-6-12-19-32/h4-12,14-19,33-37H,13,20-29H2,1-3H3,(H,42,44)/t33?,34-,35-,36+,37?,39+,40+/m0/s1. The van der Waals surface area contributed by atoms with E-state index in [-0.39, 0.29) is 5.91 Å². The van der Waals surface area contributed by atoms with E-state index >= 15 is 0 Å². The zero-order valence-electron chi connectivity index (χ0n) is 27.2. The van der Waals surface area contributed by atoms with E-state index in [1.54, 1.807) is 0 Å². The monoisotopic (exact) mass is 588 g/mol. The van der Waals surface area contributed by atoms with Crippen LogP contribution in [0.5, 0.6) is 0 Å².